The lowest BCUT2D eigenvalue weighted by atomic mass is 9.95. The Balaban J connectivity index is 1.69. The number of hydrogen-bond acceptors (Lipinski definition) is 6. The summed E-state index contributed by atoms with van der Waals surface area (Å²) in [6.45, 7) is 2.04. The molecule has 1 unspecified atom stereocenters. The zero-order valence-corrected chi connectivity index (χ0v) is 20.8. The Labute approximate surface area is 203 Å². The van der Waals surface area contributed by atoms with Gasteiger partial charge in [0.2, 0.25) is 0 Å². The van der Waals surface area contributed by atoms with Gasteiger partial charge in [-0.1, -0.05) is 29.8 Å². The SMILES string of the molecule is CN1CCc2ccc(CC(=O)C(CCOC(=O)N(C)C)NC(=O)c3ccc(Cl)s3)cc2CC1. The van der Waals surface area contributed by atoms with E-state index in [1.807, 2.05) is 6.07 Å². The maximum absolute atomic E-state index is 13.2. The van der Waals surface area contributed by atoms with Crippen LogP contribution in [-0.2, 0) is 28.8 Å². The fraction of sp³-hybridized carbons (Fsp3) is 0.458. The molecule has 9 heteroatoms. The van der Waals surface area contributed by atoms with Gasteiger partial charge in [-0.3, -0.25) is 9.59 Å². The number of carbonyl (C=O) groups is 3. The minimum atomic E-state index is -0.779. The third kappa shape index (κ3) is 7.28. The molecule has 1 aliphatic heterocycles. The van der Waals surface area contributed by atoms with Crippen LogP contribution >= 0.6 is 22.9 Å². The number of nitrogens with one attached hydrogen (secondary N) is 1. The van der Waals surface area contributed by atoms with Crippen LogP contribution in [0.5, 0.6) is 0 Å². The van der Waals surface area contributed by atoms with Crippen LogP contribution in [0.25, 0.3) is 0 Å². The molecule has 3 rings (SSSR count). The lowest BCUT2D eigenvalue weighted by Crippen LogP contribution is -2.42. The predicted octanol–water partition coefficient (Wildman–Crippen LogP) is 3.43. The molecular weight excluding hydrogens is 462 g/mol. The summed E-state index contributed by atoms with van der Waals surface area (Å²) in [6.07, 6.45) is 1.85. The molecule has 2 heterocycles. The average molecular weight is 492 g/mol. The predicted molar refractivity (Wildman–Crippen MR) is 130 cm³/mol. The maximum atomic E-state index is 13.2. The molecule has 7 nitrogen and oxygen atoms in total. The molecule has 0 aliphatic carbocycles. The summed E-state index contributed by atoms with van der Waals surface area (Å²) in [7, 11) is 5.29. The summed E-state index contributed by atoms with van der Waals surface area (Å²) in [5.74, 6) is -0.494. The monoisotopic (exact) mass is 491 g/mol. The van der Waals surface area contributed by atoms with E-state index in [1.165, 1.54) is 16.0 Å². The fourth-order valence-electron chi connectivity index (χ4n) is 3.70. The van der Waals surface area contributed by atoms with Crippen molar-refractivity contribution in [2.75, 3.05) is 40.8 Å². The molecule has 1 atom stereocenters. The lowest BCUT2D eigenvalue weighted by Gasteiger charge is -2.19. The van der Waals surface area contributed by atoms with Crippen LogP contribution in [-0.4, -0.2) is 74.5 Å². The smallest absolute Gasteiger partial charge is 0.409 e. The number of carbonyl (C=O) groups excluding carboxylic acids is 3. The number of ketones is 1. The summed E-state index contributed by atoms with van der Waals surface area (Å²) in [5.41, 5.74) is 3.52. The van der Waals surface area contributed by atoms with E-state index in [1.54, 1.807) is 26.2 Å². The van der Waals surface area contributed by atoms with Gasteiger partial charge in [0, 0.05) is 40.0 Å². The first-order valence-electron chi connectivity index (χ1n) is 10.9. The number of likely N-dealkylation sites (N-methyl/N-ethyl adjacent to an activating group) is 1. The Kier molecular flexibility index (Phi) is 8.88. The first-order valence-corrected chi connectivity index (χ1v) is 12.1. The van der Waals surface area contributed by atoms with Crippen molar-refractivity contribution >= 4 is 40.7 Å². The van der Waals surface area contributed by atoms with Crippen molar-refractivity contribution in [1.29, 1.82) is 0 Å². The zero-order chi connectivity index (χ0) is 24.0. The van der Waals surface area contributed by atoms with E-state index in [4.69, 9.17) is 16.3 Å². The van der Waals surface area contributed by atoms with Crippen molar-refractivity contribution in [2.45, 2.75) is 31.7 Å². The first kappa shape index (κ1) is 25.2. The topological polar surface area (TPSA) is 79.0 Å². The van der Waals surface area contributed by atoms with E-state index in [0.29, 0.717) is 9.21 Å². The molecule has 1 aliphatic rings. The number of Topliss-reactive ketones (excluding diaryl/α,β-unsaturated/α-hetero) is 1. The third-order valence-electron chi connectivity index (χ3n) is 5.66. The molecule has 2 aromatic rings. The Morgan fingerprint density at radius 2 is 1.88 bits per heavy atom. The van der Waals surface area contributed by atoms with Crippen molar-refractivity contribution in [3.05, 3.63) is 56.2 Å². The van der Waals surface area contributed by atoms with Crippen molar-refractivity contribution in [3.8, 4) is 0 Å². The van der Waals surface area contributed by atoms with Crippen molar-refractivity contribution in [1.82, 2.24) is 15.1 Å². The van der Waals surface area contributed by atoms with E-state index >= 15 is 0 Å². The molecule has 1 aromatic carbocycles. The summed E-state index contributed by atoms with van der Waals surface area (Å²) in [6, 6.07) is 8.70. The number of fused-ring (bicyclic) bond motifs is 1. The van der Waals surface area contributed by atoms with E-state index in [0.717, 1.165) is 42.8 Å². The van der Waals surface area contributed by atoms with E-state index in [-0.39, 0.29) is 31.1 Å². The van der Waals surface area contributed by atoms with E-state index < -0.39 is 12.1 Å². The van der Waals surface area contributed by atoms with Gasteiger partial charge in [-0.2, -0.15) is 0 Å². The Hall–Kier alpha value is -2.42. The number of benzene rings is 1. The van der Waals surface area contributed by atoms with E-state index in [9.17, 15) is 14.4 Å². The molecule has 0 radical (unpaired) electrons. The van der Waals surface area contributed by atoms with Crippen molar-refractivity contribution in [2.24, 2.45) is 0 Å². The van der Waals surface area contributed by atoms with Crippen LogP contribution < -0.4 is 5.32 Å². The molecule has 0 saturated heterocycles. The second-order valence-corrected chi connectivity index (χ2v) is 10.2. The van der Waals surface area contributed by atoms with Crippen LogP contribution in [0.1, 0.15) is 32.8 Å². The second kappa shape index (κ2) is 11.6. The van der Waals surface area contributed by atoms with Crippen molar-refractivity contribution < 1.29 is 19.1 Å². The van der Waals surface area contributed by atoms with Crippen molar-refractivity contribution in [3.63, 3.8) is 0 Å². The molecule has 0 bridgehead atoms. The number of nitrogens with zero attached hydrogens (tertiary/aromatic N) is 2. The molecule has 0 spiro atoms. The van der Waals surface area contributed by atoms with Crippen LogP contribution in [0.4, 0.5) is 4.79 Å². The number of amides is 2. The molecular formula is C24H30ClN3O4S. The highest BCUT2D eigenvalue weighted by Gasteiger charge is 2.23. The molecule has 0 fully saturated rings. The van der Waals surface area contributed by atoms with Gasteiger partial charge in [0.05, 0.1) is 21.9 Å². The van der Waals surface area contributed by atoms with Gasteiger partial charge >= 0.3 is 6.09 Å². The molecule has 1 N–H and O–H groups in total. The highest BCUT2D eigenvalue weighted by molar-refractivity contribution is 7.18. The Morgan fingerprint density at radius 1 is 1.15 bits per heavy atom. The van der Waals surface area contributed by atoms with E-state index in [2.05, 4.69) is 29.4 Å². The number of rotatable bonds is 8. The number of halogens is 1. The second-order valence-electron chi connectivity index (χ2n) is 8.48. The Morgan fingerprint density at radius 3 is 2.55 bits per heavy atom. The van der Waals surface area contributed by atoms with Gasteiger partial charge in [-0.05, 0) is 48.7 Å². The van der Waals surface area contributed by atoms with Gasteiger partial charge in [0.15, 0.2) is 5.78 Å². The van der Waals surface area contributed by atoms with Crippen LogP contribution in [0.2, 0.25) is 4.34 Å². The van der Waals surface area contributed by atoms with Crippen LogP contribution in [0.3, 0.4) is 0 Å². The highest BCUT2D eigenvalue weighted by Crippen LogP contribution is 2.22. The third-order valence-corrected chi connectivity index (χ3v) is 6.89. The maximum Gasteiger partial charge on any atom is 0.409 e. The quantitative estimate of drug-likeness (QED) is 0.612. The number of ether oxygens (including phenoxy) is 1. The van der Waals surface area contributed by atoms with Gasteiger partial charge in [0.1, 0.15) is 0 Å². The number of thiophene rings is 1. The minimum absolute atomic E-state index is 0.0232. The zero-order valence-electron chi connectivity index (χ0n) is 19.2. The van der Waals surface area contributed by atoms with Crippen LogP contribution in [0, 0.1) is 0 Å². The standard InChI is InChI=1S/C24H30ClN3O4S/c1-27(2)24(31)32-13-10-19(26-23(30)21-6-7-22(25)33-21)20(29)15-16-4-5-17-8-11-28(3)12-9-18(17)14-16/h4-7,14,19H,8-13,15H2,1-3H3,(H,26,30). The summed E-state index contributed by atoms with van der Waals surface area (Å²) in [5, 5.41) is 2.80. The van der Waals surface area contributed by atoms with Crippen LogP contribution in [0.15, 0.2) is 30.3 Å². The van der Waals surface area contributed by atoms with Gasteiger partial charge in [0.25, 0.3) is 5.91 Å². The Bertz CT molecular complexity index is 1010. The van der Waals surface area contributed by atoms with Gasteiger partial charge in [-0.15, -0.1) is 11.3 Å². The minimum Gasteiger partial charge on any atom is -0.449 e. The molecule has 178 valence electrons. The highest BCUT2D eigenvalue weighted by atomic mass is 35.5. The normalized spacial score (nSPS) is 14.7. The van der Waals surface area contributed by atoms with Gasteiger partial charge < -0.3 is 19.9 Å². The largest absolute Gasteiger partial charge is 0.449 e. The lowest BCUT2D eigenvalue weighted by molar-refractivity contribution is -0.120. The number of hydrogen-bond donors (Lipinski definition) is 1. The fourth-order valence-corrected chi connectivity index (χ4v) is 4.64. The summed E-state index contributed by atoms with van der Waals surface area (Å²) in [4.78, 5) is 41.6. The molecule has 0 saturated carbocycles. The molecule has 1 aromatic heterocycles. The molecule has 33 heavy (non-hydrogen) atoms. The average Bonchev–Trinajstić information content (AvgIpc) is 3.13. The summed E-state index contributed by atoms with van der Waals surface area (Å²) >= 11 is 7.09. The summed E-state index contributed by atoms with van der Waals surface area (Å²) < 4.78 is 5.68. The first-order chi connectivity index (χ1) is 15.7. The van der Waals surface area contributed by atoms with Gasteiger partial charge in [-0.25, -0.2) is 4.79 Å². The molecule has 2 amide bonds.